The molecule has 0 saturated heterocycles. The van der Waals surface area contributed by atoms with Crippen LogP contribution in [-0.4, -0.2) is 21.8 Å². The predicted octanol–water partition coefficient (Wildman–Crippen LogP) is 1.70. The molecule has 0 fully saturated rings. The lowest BCUT2D eigenvalue weighted by atomic mass is 9.95. The van der Waals surface area contributed by atoms with Crippen LogP contribution in [0.15, 0.2) is 73.2 Å². The minimum atomic E-state index is -0.0159. The van der Waals surface area contributed by atoms with Gasteiger partial charge in [-0.2, -0.15) is 0 Å². The lowest BCUT2D eigenvalue weighted by molar-refractivity contribution is -0.00000468. The third kappa shape index (κ3) is 3.55. The van der Waals surface area contributed by atoms with Gasteiger partial charge in [0.2, 0.25) is 0 Å². The molecule has 0 amide bonds. The third-order valence-electron chi connectivity index (χ3n) is 4.14. The Balaban J connectivity index is 0.00000182. The van der Waals surface area contributed by atoms with Gasteiger partial charge < -0.3 is 24.0 Å². The zero-order valence-electron chi connectivity index (χ0n) is 13.6. The number of pyridine rings is 1. The Morgan fingerprint density at radius 2 is 1.88 bits per heavy atom. The SMILES string of the molecule is CN1[C+]N(C(c2cccc(Cl)c2)c2ccnc3ccccc23)C=C1.[I-]. The highest BCUT2D eigenvalue weighted by Crippen LogP contribution is 2.36. The molecule has 1 aromatic heterocycles. The van der Waals surface area contributed by atoms with Gasteiger partial charge in [-0.05, 0) is 35.4 Å². The van der Waals surface area contributed by atoms with Crippen LogP contribution in [0.2, 0.25) is 5.02 Å². The molecule has 5 heteroatoms. The van der Waals surface area contributed by atoms with Crippen molar-refractivity contribution in [3.8, 4) is 0 Å². The van der Waals surface area contributed by atoms with E-state index >= 15 is 0 Å². The smallest absolute Gasteiger partial charge is 0.565 e. The summed E-state index contributed by atoms with van der Waals surface area (Å²) >= 11 is 6.25. The minimum absolute atomic E-state index is 0. The van der Waals surface area contributed by atoms with Gasteiger partial charge in [0.25, 0.3) is 0 Å². The maximum Gasteiger partial charge on any atom is 0.565 e. The second-order valence-electron chi connectivity index (χ2n) is 5.79. The van der Waals surface area contributed by atoms with Crippen LogP contribution in [-0.2, 0) is 0 Å². The number of nitrogens with zero attached hydrogens (tertiary/aromatic N) is 3. The molecular formula is C20H16ClIN3. The molecule has 1 atom stereocenters. The molecule has 0 spiro atoms. The first-order chi connectivity index (χ1) is 11.7. The standard InChI is InChI=1S/C20H16ClN3.HI/c1-23-11-12-24(14-23)20(15-5-4-6-16(21)13-15)18-9-10-22-19-8-3-2-7-17(18)19;/h2-13,20H,1H3;1H/q+1;/p-1. The van der Waals surface area contributed by atoms with Crippen molar-refractivity contribution >= 4 is 22.5 Å². The number of hydrogen-bond acceptors (Lipinski definition) is 3. The lowest BCUT2D eigenvalue weighted by Crippen LogP contribution is -3.00. The number of benzene rings is 2. The maximum atomic E-state index is 6.25. The molecule has 3 nitrogen and oxygen atoms in total. The number of hydrogen-bond donors (Lipinski definition) is 0. The first-order valence-corrected chi connectivity index (χ1v) is 8.15. The average molecular weight is 461 g/mol. The van der Waals surface area contributed by atoms with E-state index in [9.17, 15) is 0 Å². The first kappa shape index (κ1) is 17.9. The quantitative estimate of drug-likeness (QED) is 0.438. The van der Waals surface area contributed by atoms with Crippen LogP contribution in [0.25, 0.3) is 10.9 Å². The van der Waals surface area contributed by atoms with Gasteiger partial charge in [0.1, 0.15) is 6.04 Å². The molecule has 0 N–H and O–H groups in total. The summed E-state index contributed by atoms with van der Waals surface area (Å²) in [6, 6.07) is 18.2. The van der Waals surface area contributed by atoms with Gasteiger partial charge in [0, 0.05) is 16.6 Å². The first-order valence-electron chi connectivity index (χ1n) is 7.77. The molecule has 125 valence electrons. The molecule has 1 unspecified atom stereocenters. The van der Waals surface area contributed by atoms with E-state index in [0.29, 0.717) is 0 Å². The highest BCUT2D eigenvalue weighted by Gasteiger charge is 2.37. The summed E-state index contributed by atoms with van der Waals surface area (Å²) in [4.78, 5) is 8.48. The monoisotopic (exact) mass is 460 g/mol. The highest BCUT2D eigenvalue weighted by molar-refractivity contribution is 6.30. The lowest BCUT2D eigenvalue weighted by Gasteiger charge is -2.21. The second kappa shape index (κ2) is 7.54. The van der Waals surface area contributed by atoms with E-state index in [1.807, 2.05) is 66.9 Å². The summed E-state index contributed by atoms with van der Waals surface area (Å²) in [5.74, 6) is 0. The summed E-state index contributed by atoms with van der Waals surface area (Å²) < 4.78 is 0. The van der Waals surface area contributed by atoms with Crippen LogP contribution in [0.1, 0.15) is 17.2 Å². The zero-order chi connectivity index (χ0) is 16.5. The topological polar surface area (TPSA) is 19.4 Å². The molecule has 25 heavy (non-hydrogen) atoms. The summed E-state index contributed by atoms with van der Waals surface area (Å²) in [6.07, 6.45) is 5.88. The van der Waals surface area contributed by atoms with Gasteiger partial charge in [-0.15, -0.1) is 9.80 Å². The fourth-order valence-electron chi connectivity index (χ4n) is 3.09. The maximum absolute atomic E-state index is 6.25. The molecule has 0 saturated carbocycles. The second-order valence-corrected chi connectivity index (χ2v) is 6.23. The number of fused-ring (bicyclic) bond motifs is 1. The molecule has 0 bridgehead atoms. The van der Waals surface area contributed by atoms with Crippen molar-refractivity contribution in [2.75, 3.05) is 7.05 Å². The van der Waals surface area contributed by atoms with Crippen molar-refractivity contribution in [2.24, 2.45) is 0 Å². The molecular weight excluding hydrogens is 445 g/mol. The Hall–Kier alpha value is -1.92. The van der Waals surface area contributed by atoms with E-state index in [1.54, 1.807) is 0 Å². The van der Waals surface area contributed by atoms with Gasteiger partial charge in [0.15, 0.2) is 0 Å². The molecule has 0 aliphatic carbocycles. The summed E-state index contributed by atoms with van der Waals surface area (Å²) in [7, 11) is 1.97. The van der Waals surface area contributed by atoms with Crippen molar-refractivity contribution in [3.05, 3.63) is 96.0 Å². The molecule has 3 aromatic rings. The normalized spacial score (nSPS) is 14.3. The minimum Gasteiger partial charge on any atom is -1.00 e. The Bertz CT molecular complexity index is 907. The van der Waals surface area contributed by atoms with Gasteiger partial charge >= 0.3 is 6.67 Å². The fraction of sp³-hybridized carbons (Fsp3) is 0.100. The number of aromatic nitrogens is 1. The van der Waals surface area contributed by atoms with Crippen LogP contribution in [0.4, 0.5) is 0 Å². The molecule has 1 aliphatic rings. The number of halogens is 2. The van der Waals surface area contributed by atoms with Crippen molar-refractivity contribution in [1.29, 1.82) is 0 Å². The van der Waals surface area contributed by atoms with Crippen molar-refractivity contribution in [3.63, 3.8) is 0 Å². The highest BCUT2D eigenvalue weighted by atomic mass is 127. The molecule has 4 rings (SSSR count). The molecule has 1 aliphatic heterocycles. The van der Waals surface area contributed by atoms with Gasteiger partial charge in [-0.1, -0.05) is 41.9 Å². The van der Waals surface area contributed by atoms with Crippen LogP contribution in [0, 0.1) is 6.67 Å². The predicted molar refractivity (Wildman–Crippen MR) is 97.0 cm³/mol. The average Bonchev–Trinajstić information content (AvgIpc) is 3.01. The molecule has 2 aromatic carbocycles. The Morgan fingerprint density at radius 1 is 1.04 bits per heavy atom. The van der Waals surface area contributed by atoms with E-state index in [1.165, 1.54) is 5.56 Å². The van der Waals surface area contributed by atoms with Gasteiger partial charge in [0.05, 0.1) is 25.0 Å². The van der Waals surface area contributed by atoms with Crippen molar-refractivity contribution in [1.82, 2.24) is 14.8 Å². The van der Waals surface area contributed by atoms with Crippen LogP contribution >= 0.6 is 11.6 Å². The van der Waals surface area contributed by atoms with E-state index in [2.05, 4.69) is 34.8 Å². The molecule has 2 heterocycles. The van der Waals surface area contributed by atoms with E-state index < -0.39 is 0 Å². The summed E-state index contributed by atoms with van der Waals surface area (Å²) in [6.45, 7) is 3.33. The Labute approximate surface area is 169 Å². The third-order valence-corrected chi connectivity index (χ3v) is 4.38. The van der Waals surface area contributed by atoms with Gasteiger partial charge in [-0.25, -0.2) is 0 Å². The largest absolute Gasteiger partial charge is 1.00 e. The Kier molecular flexibility index (Phi) is 5.39. The Morgan fingerprint density at radius 3 is 2.64 bits per heavy atom. The van der Waals surface area contributed by atoms with Crippen molar-refractivity contribution < 1.29 is 24.0 Å². The molecule has 1 radical (unpaired) electrons. The van der Waals surface area contributed by atoms with Crippen LogP contribution in [0.5, 0.6) is 0 Å². The number of rotatable bonds is 3. The van der Waals surface area contributed by atoms with Crippen LogP contribution in [0.3, 0.4) is 0 Å². The van der Waals surface area contributed by atoms with Gasteiger partial charge in [-0.3, -0.25) is 4.98 Å². The summed E-state index contributed by atoms with van der Waals surface area (Å²) in [5, 5.41) is 1.86. The summed E-state index contributed by atoms with van der Waals surface area (Å²) in [5.41, 5.74) is 3.28. The number of para-hydroxylation sites is 1. The van der Waals surface area contributed by atoms with Crippen LogP contribution < -0.4 is 24.0 Å². The zero-order valence-corrected chi connectivity index (χ0v) is 16.5. The van der Waals surface area contributed by atoms with E-state index in [0.717, 1.165) is 21.5 Å². The van der Waals surface area contributed by atoms with E-state index in [-0.39, 0.29) is 30.0 Å². The van der Waals surface area contributed by atoms with Crippen molar-refractivity contribution in [2.45, 2.75) is 6.04 Å². The van der Waals surface area contributed by atoms with E-state index in [4.69, 9.17) is 11.6 Å². The fourth-order valence-corrected chi connectivity index (χ4v) is 3.29.